The van der Waals surface area contributed by atoms with E-state index in [-0.39, 0.29) is 11.8 Å². The molecule has 7 heteroatoms. The summed E-state index contributed by atoms with van der Waals surface area (Å²) >= 11 is 1.49. The van der Waals surface area contributed by atoms with E-state index < -0.39 is 0 Å². The zero-order chi connectivity index (χ0) is 25.8. The topological polar surface area (TPSA) is 62.7 Å². The molecule has 3 aromatic rings. The molecule has 0 unspecified atom stereocenters. The summed E-state index contributed by atoms with van der Waals surface area (Å²) in [4.78, 5) is 36.3. The smallest absolute Gasteiger partial charge is 0.276 e. The maximum Gasteiger partial charge on any atom is 0.276 e. The van der Waals surface area contributed by atoms with Crippen molar-refractivity contribution in [2.24, 2.45) is 0 Å². The number of hydrogen-bond acceptors (Lipinski definition) is 5. The standard InChI is InChI=1S/C29H31N3O3S/c1-6-20(15-14-19(2)35-5)23-11-9-12-24(30-23)28(33)32-17-16-21-18-26(29(34)31(3)4)36-27(21)22-10-7-8-13-25(22)32/h7-15,18H,6,16-17H2,1-5H3/b19-14+,20-15+. The number of methoxy groups -OCH3 is 1. The van der Waals surface area contributed by atoms with Gasteiger partial charge in [-0.25, -0.2) is 4.98 Å². The van der Waals surface area contributed by atoms with Gasteiger partial charge in [0.05, 0.1) is 29.1 Å². The summed E-state index contributed by atoms with van der Waals surface area (Å²) in [6.45, 7) is 4.47. The maximum absolute atomic E-state index is 13.8. The van der Waals surface area contributed by atoms with E-state index >= 15 is 0 Å². The van der Waals surface area contributed by atoms with Gasteiger partial charge in [-0.2, -0.15) is 0 Å². The molecule has 36 heavy (non-hydrogen) atoms. The predicted molar refractivity (Wildman–Crippen MR) is 146 cm³/mol. The monoisotopic (exact) mass is 501 g/mol. The number of carbonyl (C=O) groups is 2. The van der Waals surface area contributed by atoms with Crippen molar-refractivity contribution in [3.63, 3.8) is 0 Å². The van der Waals surface area contributed by atoms with Gasteiger partial charge in [0, 0.05) is 31.1 Å². The largest absolute Gasteiger partial charge is 0.501 e. The summed E-state index contributed by atoms with van der Waals surface area (Å²) in [5.74, 6) is 0.662. The minimum atomic E-state index is -0.136. The molecular weight excluding hydrogens is 470 g/mol. The van der Waals surface area contributed by atoms with Crippen molar-refractivity contribution in [2.75, 3.05) is 32.6 Å². The van der Waals surface area contributed by atoms with Gasteiger partial charge in [-0.15, -0.1) is 11.3 Å². The van der Waals surface area contributed by atoms with Crippen LogP contribution in [-0.2, 0) is 11.2 Å². The van der Waals surface area contributed by atoms with Gasteiger partial charge in [0.15, 0.2) is 0 Å². The molecule has 4 rings (SSSR count). The molecule has 3 heterocycles. The lowest BCUT2D eigenvalue weighted by Gasteiger charge is -2.23. The summed E-state index contributed by atoms with van der Waals surface area (Å²) in [7, 11) is 5.16. The van der Waals surface area contributed by atoms with Gasteiger partial charge in [-0.1, -0.05) is 37.3 Å². The molecule has 0 atom stereocenters. The Kier molecular flexibility index (Phi) is 7.70. The van der Waals surface area contributed by atoms with E-state index in [0.29, 0.717) is 23.5 Å². The SMILES string of the molecule is CC/C(=C\C=C(/C)OC)c1cccc(C(=O)N2CCc3cc(C(=O)N(C)C)sc3-c3ccccc32)n1. The quantitative estimate of drug-likeness (QED) is 0.304. The number of fused-ring (bicyclic) bond motifs is 3. The number of pyridine rings is 1. The number of aromatic nitrogens is 1. The Hall–Kier alpha value is -3.71. The molecule has 6 nitrogen and oxygen atoms in total. The number of para-hydroxylation sites is 1. The van der Waals surface area contributed by atoms with Crippen molar-refractivity contribution in [1.82, 2.24) is 9.88 Å². The van der Waals surface area contributed by atoms with E-state index in [4.69, 9.17) is 9.72 Å². The van der Waals surface area contributed by atoms with Gasteiger partial charge >= 0.3 is 0 Å². The van der Waals surface area contributed by atoms with Crippen molar-refractivity contribution < 1.29 is 14.3 Å². The summed E-state index contributed by atoms with van der Waals surface area (Å²) < 4.78 is 5.23. The van der Waals surface area contributed by atoms with E-state index in [2.05, 4.69) is 6.92 Å². The first kappa shape index (κ1) is 25.4. The molecule has 0 radical (unpaired) electrons. The third kappa shape index (κ3) is 5.11. The predicted octanol–water partition coefficient (Wildman–Crippen LogP) is 6.06. The van der Waals surface area contributed by atoms with Gasteiger partial charge in [-0.05, 0) is 61.2 Å². The van der Waals surface area contributed by atoms with Crippen molar-refractivity contribution >= 4 is 34.4 Å². The van der Waals surface area contributed by atoms with Crippen LogP contribution < -0.4 is 4.90 Å². The Morgan fingerprint density at radius 1 is 1.11 bits per heavy atom. The Bertz CT molecular complexity index is 1350. The highest BCUT2D eigenvalue weighted by atomic mass is 32.1. The molecule has 2 aromatic heterocycles. The van der Waals surface area contributed by atoms with Gasteiger partial charge in [0.25, 0.3) is 11.8 Å². The first-order valence-electron chi connectivity index (χ1n) is 12.0. The molecule has 0 saturated heterocycles. The Morgan fingerprint density at radius 3 is 2.58 bits per heavy atom. The van der Waals surface area contributed by atoms with Crippen LogP contribution in [0.15, 0.2) is 66.4 Å². The number of thiophene rings is 1. The lowest BCUT2D eigenvalue weighted by atomic mass is 10.1. The van der Waals surface area contributed by atoms with Crippen LogP contribution in [0.2, 0.25) is 0 Å². The summed E-state index contributed by atoms with van der Waals surface area (Å²) in [5, 5.41) is 0. The Balaban J connectivity index is 1.70. The molecular formula is C29H31N3O3S. The van der Waals surface area contributed by atoms with E-state index in [1.807, 2.05) is 66.4 Å². The Morgan fingerprint density at radius 2 is 1.86 bits per heavy atom. The number of ether oxygens (including phenoxy) is 1. The average Bonchev–Trinajstić information content (AvgIpc) is 3.26. The van der Waals surface area contributed by atoms with Crippen LogP contribution in [0.1, 0.15) is 51.7 Å². The Labute approximate surface area is 216 Å². The fraction of sp³-hybridized carbons (Fsp3) is 0.276. The first-order chi connectivity index (χ1) is 17.3. The molecule has 2 amide bonds. The number of amides is 2. The molecule has 0 saturated carbocycles. The summed E-state index contributed by atoms with van der Waals surface area (Å²) in [6.07, 6.45) is 5.34. The normalized spacial score (nSPS) is 13.5. The minimum Gasteiger partial charge on any atom is -0.501 e. The van der Waals surface area contributed by atoms with Gasteiger partial charge in [-0.3, -0.25) is 9.59 Å². The van der Waals surface area contributed by atoms with Crippen LogP contribution in [0.3, 0.4) is 0 Å². The van der Waals surface area contributed by atoms with Crippen molar-refractivity contribution in [3.8, 4) is 10.4 Å². The number of carbonyl (C=O) groups excluding carboxylic acids is 2. The number of hydrogen-bond donors (Lipinski definition) is 0. The van der Waals surface area contributed by atoms with Crippen molar-refractivity contribution in [3.05, 3.63) is 88.3 Å². The van der Waals surface area contributed by atoms with Gasteiger partial charge < -0.3 is 14.5 Å². The zero-order valence-electron chi connectivity index (χ0n) is 21.4. The molecule has 0 fully saturated rings. The van der Waals surface area contributed by atoms with E-state index in [0.717, 1.165) is 45.1 Å². The van der Waals surface area contributed by atoms with E-state index in [1.165, 1.54) is 11.3 Å². The molecule has 1 aliphatic rings. The molecule has 0 aliphatic carbocycles. The second-order valence-electron chi connectivity index (χ2n) is 8.82. The summed E-state index contributed by atoms with van der Waals surface area (Å²) in [6, 6.07) is 15.4. The van der Waals surface area contributed by atoms with Crippen molar-refractivity contribution in [2.45, 2.75) is 26.7 Å². The highest BCUT2D eigenvalue weighted by Crippen LogP contribution is 2.42. The van der Waals surface area contributed by atoms with Crippen LogP contribution >= 0.6 is 11.3 Å². The van der Waals surface area contributed by atoms with Gasteiger partial charge in [0.2, 0.25) is 0 Å². The number of allylic oxidation sites excluding steroid dienone is 4. The van der Waals surface area contributed by atoms with E-state index in [1.54, 1.807) is 32.2 Å². The molecule has 186 valence electrons. The fourth-order valence-electron chi connectivity index (χ4n) is 4.17. The van der Waals surface area contributed by atoms with Gasteiger partial charge in [0.1, 0.15) is 5.69 Å². The lowest BCUT2D eigenvalue weighted by molar-refractivity contribution is 0.0831. The molecule has 0 N–H and O–H groups in total. The number of rotatable bonds is 6. The molecule has 1 aromatic carbocycles. The average molecular weight is 502 g/mol. The molecule has 0 bridgehead atoms. The van der Waals surface area contributed by atoms with Crippen LogP contribution in [0, 0.1) is 0 Å². The number of nitrogens with zero attached hydrogens (tertiary/aromatic N) is 3. The third-order valence-corrected chi connectivity index (χ3v) is 7.43. The third-order valence-electron chi connectivity index (χ3n) is 6.23. The van der Waals surface area contributed by atoms with Crippen LogP contribution in [0.5, 0.6) is 0 Å². The number of anilines is 1. The van der Waals surface area contributed by atoms with Crippen LogP contribution in [-0.4, -0.2) is 49.4 Å². The maximum atomic E-state index is 13.8. The highest BCUT2D eigenvalue weighted by Gasteiger charge is 2.28. The lowest BCUT2D eigenvalue weighted by Crippen LogP contribution is -2.33. The van der Waals surface area contributed by atoms with Crippen molar-refractivity contribution in [1.29, 1.82) is 0 Å². The highest BCUT2D eigenvalue weighted by molar-refractivity contribution is 7.17. The second kappa shape index (κ2) is 10.9. The van der Waals surface area contributed by atoms with Crippen LogP contribution in [0.25, 0.3) is 16.0 Å². The minimum absolute atomic E-state index is 0.00479. The van der Waals surface area contributed by atoms with E-state index in [9.17, 15) is 9.59 Å². The molecule has 0 spiro atoms. The summed E-state index contributed by atoms with van der Waals surface area (Å²) in [5.41, 5.74) is 5.10. The zero-order valence-corrected chi connectivity index (χ0v) is 22.2. The fourth-order valence-corrected chi connectivity index (χ4v) is 5.44. The second-order valence-corrected chi connectivity index (χ2v) is 9.88. The first-order valence-corrected chi connectivity index (χ1v) is 12.8. The molecule has 1 aliphatic heterocycles. The van der Waals surface area contributed by atoms with Crippen LogP contribution in [0.4, 0.5) is 5.69 Å². The number of benzene rings is 1.